The van der Waals surface area contributed by atoms with E-state index in [1.54, 1.807) is 0 Å². The van der Waals surface area contributed by atoms with Crippen LogP contribution in [0.15, 0.2) is 18.2 Å². The number of nitrogens with one attached hydrogen (secondary N) is 1. The fourth-order valence-corrected chi connectivity index (χ4v) is 2.79. The molecule has 2 rings (SSSR count). The summed E-state index contributed by atoms with van der Waals surface area (Å²) >= 11 is 3.40. The first-order valence-electron chi connectivity index (χ1n) is 5.89. The summed E-state index contributed by atoms with van der Waals surface area (Å²) in [6.45, 7) is 0.605. The number of phenolic OH excluding ortho intramolecular Hbond substituents is 1. The van der Waals surface area contributed by atoms with Crippen LogP contribution in [0.2, 0.25) is 0 Å². The number of aromatic hydroxyl groups is 1. The van der Waals surface area contributed by atoms with Gasteiger partial charge in [-0.25, -0.2) is 4.39 Å². The van der Waals surface area contributed by atoms with Crippen LogP contribution in [0.4, 0.5) is 4.39 Å². The molecule has 2 N–H and O–H groups in total. The summed E-state index contributed by atoms with van der Waals surface area (Å²) in [4.78, 5) is 11.9. The largest absolute Gasteiger partial charge is 0.507 e. The second-order valence-corrected chi connectivity index (χ2v) is 5.58. The molecule has 0 saturated heterocycles. The summed E-state index contributed by atoms with van der Waals surface area (Å²) in [6, 6.07) is 3.41. The van der Waals surface area contributed by atoms with Gasteiger partial charge in [0, 0.05) is 17.9 Å². The Morgan fingerprint density at radius 2 is 2.22 bits per heavy atom. The molecule has 0 spiro atoms. The first kappa shape index (κ1) is 13.3. The van der Waals surface area contributed by atoms with Crippen LogP contribution in [0.25, 0.3) is 0 Å². The van der Waals surface area contributed by atoms with Gasteiger partial charge >= 0.3 is 0 Å². The molecular weight excluding hydrogens is 301 g/mol. The minimum Gasteiger partial charge on any atom is -0.507 e. The van der Waals surface area contributed by atoms with Crippen molar-refractivity contribution in [2.75, 3.05) is 11.9 Å². The molecule has 3 nitrogen and oxygen atoms in total. The maximum absolute atomic E-state index is 12.8. The van der Waals surface area contributed by atoms with Crippen molar-refractivity contribution in [3.63, 3.8) is 0 Å². The normalized spacial score (nSPS) is 16.3. The summed E-state index contributed by atoms with van der Waals surface area (Å²) in [7, 11) is 0. The molecule has 1 saturated carbocycles. The molecule has 0 aliphatic heterocycles. The summed E-state index contributed by atoms with van der Waals surface area (Å²) < 4.78 is 12.8. The molecule has 1 aliphatic rings. The number of carbonyl (C=O) groups excluding carboxylic acids is 1. The number of phenols is 1. The van der Waals surface area contributed by atoms with Crippen molar-refractivity contribution in [1.82, 2.24) is 5.32 Å². The predicted octanol–water partition coefficient (Wildman–Crippen LogP) is 2.83. The zero-order valence-corrected chi connectivity index (χ0v) is 11.5. The number of amides is 1. The summed E-state index contributed by atoms with van der Waals surface area (Å²) in [6.07, 6.45) is 3.27. The molecule has 0 radical (unpaired) electrons. The van der Waals surface area contributed by atoms with E-state index in [1.807, 2.05) is 0 Å². The third-order valence-electron chi connectivity index (χ3n) is 3.41. The topological polar surface area (TPSA) is 49.3 Å². The van der Waals surface area contributed by atoms with E-state index in [0.29, 0.717) is 6.54 Å². The number of hydrogen-bond acceptors (Lipinski definition) is 2. The van der Waals surface area contributed by atoms with E-state index in [4.69, 9.17) is 0 Å². The highest BCUT2D eigenvalue weighted by molar-refractivity contribution is 9.09. The molecular formula is C13H15BrFNO2. The monoisotopic (exact) mass is 315 g/mol. The van der Waals surface area contributed by atoms with Gasteiger partial charge in [-0.1, -0.05) is 15.9 Å². The molecule has 0 heterocycles. The smallest absolute Gasteiger partial charge is 0.255 e. The van der Waals surface area contributed by atoms with Gasteiger partial charge in [-0.3, -0.25) is 4.79 Å². The Bertz CT molecular complexity index is 460. The van der Waals surface area contributed by atoms with Crippen molar-refractivity contribution in [2.24, 2.45) is 5.41 Å². The molecule has 1 amide bonds. The van der Waals surface area contributed by atoms with Crippen LogP contribution in [0.3, 0.4) is 0 Å². The molecule has 1 aromatic rings. The average Bonchev–Trinajstić information content (AvgIpc) is 3.07. The number of rotatable bonds is 5. The van der Waals surface area contributed by atoms with Crippen LogP contribution in [0, 0.1) is 11.2 Å². The molecule has 98 valence electrons. The maximum Gasteiger partial charge on any atom is 0.255 e. The van der Waals surface area contributed by atoms with E-state index in [1.165, 1.54) is 12.1 Å². The van der Waals surface area contributed by atoms with Crippen molar-refractivity contribution in [3.05, 3.63) is 29.6 Å². The molecule has 18 heavy (non-hydrogen) atoms. The SMILES string of the molecule is O=C(NCC1(CCBr)CC1)c1ccc(F)cc1O. The van der Waals surface area contributed by atoms with Crippen molar-refractivity contribution >= 4 is 21.8 Å². The Hall–Kier alpha value is -1.10. The van der Waals surface area contributed by atoms with Gasteiger partial charge in [-0.2, -0.15) is 0 Å². The van der Waals surface area contributed by atoms with Gasteiger partial charge in [0.25, 0.3) is 5.91 Å². The average molecular weight is 316 g/mol. The highest BCUT2D eigenvalue weighted by Gasteiger charge is 2.41. The Morgan fingerprint density at radius 3 is 2.78 bits per heavy atom. The minimum atomic E-state index is -0.554. The standard InChI is InChI=1S/C13H15BrFNO2/c14-6-5-13(3-4-13)8-16-12(18)10-2-1-9(15)7-11(10)17/h1-2,7,17H,3-6,8H2,(H,16,18). The van der Waals surface area contributed by atoms with Gasteiger partial charge in [-0.15, -0.1) is 0 Å². The van der Waals surface area contributed by atoms with Crippen LogP contribution in [0.1, 0.15) is 29.6 Å². The molecule has 0 atom stereocenters. The second kappa shape index (κ2) is 5.26. The lowest BCUT2D eigenvalue weighted by Crippen LogP contribution is -2.30. The van der Waals surface area contributed by atoms with E-state index in [-0.39, 0.29) is 22.6 Å². The highest BCUT2D eigenvalue weighted by atomic mass is 79.9. The lowest BCUT2D eigenvalue weighted by atomic mass is 10.0. The number of carbonyl (C=O) groups is 1. The van der Waals surface area contributed by atoms with Crippen molar-refractivity contribution in [3.8, 4) is 5.75 Å². The van der Waals surface area contributed by atoms with Crippen LogP contribution in [-0.4, -0.2) is 22.9 Å². The van der Waals surface area contributed by atoms with E-state index in [0.717, 1.165) is 30.7 Å². The van der Waals surface area contributed by atoms with Crippen LogP contribution >= 0.6 is 15.9 Å². The van der Waals surface area contributed by atoms with Crippen molar-refractivity contribution in [1.29, 1.82) is 0 Å². The quantitative estimate of drug-likeness (QED) is 0.821. The number of alkyl halides is 1. The van der Waals surface area contributed by atoms with Gasteiger partial charge in [0.05, 0.1) is 5.56 Å². The van der Waals surface area contributed by atoms with Gasteiger partial charge in [0.1, 0.15) is 11.6 Å². The second-order valence-electron chi connectivity index (χ2n) is 4.78. The number of benzene rings is 1. The van der Waals surface area contributed by atoms with E-state index in [9.17, 15) is 14.3 Å². The van der Waals surface area contributed by atoms with Crippen molar-refractivity contribution in [2.45, 2.75) is 19.3 Å². The van der Waals surface area contributed by atoms with Crippen LogP contribution in [0.5, 0.6) is 5.75 Å². The fourth-order valence-electron chi connectivity index (χ4n) is 1.95. The molecule has 0 bridgehead atoms. The van der Waals surface area contributed by atoms with Crippen LogP contribution in [-0.2, 0) is 0 Å². The third kappa shape index (κ3) is 3.02. The maximum atomic E-state index is 12.8. The van der Waals surface area contributed by atoms with Gasteiger partial charge in [0.15, 0.2) is 0 Å². The first-order chi connectivity index (χ1) is 8.56. The molecule has 0 aromatic heterocycles. The summed E-state index contributed by atoms with van der Waals surface area (Å²) in [5, 5.41) is 13.2. The predicted molar refractivity (Wildman–Crippen MR) is 70.5 cm³/mol. The number of hydrogen-bond donors (Lipinski definition) is 2. The lowest BCUT2D eigenvalue weighted by Gasteiger charge is -2.14. The summed E-state index contributed by atoms with van der Waals surface area (Å²) in [5.41, 5.74) is 0.334. The zero-order chi connectivity index (χ0) is 13.2. The molecule has 1 aliphatic carbocycles. The van der Waals surface area contributed by atoms with E-state index < -0.39 is 5.82 Å². The highest BCUT2D eigenvalue weighted by Crippen LogP contribution is 2.48. The number of halogens is 2. The molecule has 0 unspecified atom stereocenters. The first-order valence-corrected chi connectivity index (χ1v) is 7.01. The zero-order valence-electron chi connectivity index (χ0n) is 9.88. The van der Waals surface area contributed by atoms with Crippen molar-refractivity contribution < 1.29 is 14.3 Å². The van der Waals surface area contributed by atoms with Gasteiger partial charge in [-0.05, 0) is 36.8 Å². The summed E-state index contributed by atoms with van der Waals surface area (Å²) in [5.74, 6) is -1.23. The molecule has 1 aromatic carbocycles. The third-order valence-corrected chi connectivity index (χ3v) is 3.81. The van der Waals surface area contributed by atoms with Gasteiger partial charge in [0.2, 0.25) is 0 Å². The Labute approximate surface area is 114 Å². The minimum absolute atomic E-state index is 0.117. The lowest BCUT2D eigenvalue weighted by molar-refractivity contribution is 0.0941. The Balaban J connectivity index is 1.96. The Morgan fingerprint density at radius 1 is 1.50 bits per heavy atom. The fraction of sp³-hybridized carbons (Fsp3) is 0.462. The van der Waals surface area contributed by atoms with Crippen LogP contribution < -0.4 is 5.32 Å². The van der Waals surface area contributed by atoms with E-state index in [2.05, 4.69) is 21.2 Å². The van der Waals surface area contributed by atoms with E-state index >= 15 is 0 Å². The molecule has 5 heteroatoms. The Kier molecular flexibility index (Phi) is 3.90. The van der Waals surface area contributed by atoms with Gasteiger partial charge < -0.3 is 10.4 Å². The molecule has 1 fully saturated rings.